The summed E-state index contributed by atoms with van der Waals surface area (Å²) < 4.78 is 13.1. The Morgan fingerprint density at radius 1 is 1.25 bits per heavy atom. The molecule has 0 fully saturated rings. The molecule has 20 heavy (non-hydrogen) atoms. The highest BCUT2D eigenvalue weighted by molar-refractivity contribution is 5.68. The van der Waals surface area contributed by atoms with Crippen LogP contribution >= 0.6 is 0 Å². The molecule has 102 valence electrons. The number of aryl methyl sites for hydroxylation is 1. The Balaban J connectivity index is 2.10. The van der Waals surface area contributed by atoms with Gasteiger partial charge in [0.1, 0.15) is 23.3 Å². The Kier molecular flexibility index (Phi) is 3.07. The van der Waals surface area contributed by atoms with Crippen LogP contribution in [-0.2, 0) is 7.05 Å². The highest BCUT2D eigenvalue weighted by Crippen LogP contribution is 2.34. The van der Waals surface area contributed by atoms with Crippen molar-refractivity contribution in [2.75, 3.05) is 13.2 Å². The van der Waals surface area contributed by atoms with Crippen molar-refractivity contribution in [2.45, 2.75) is 13.3 Å². The van der Waals surface area contributed by atoms with Crippen LogP contribution in [0.5, 0.6) is 11.5 Å². The number of nitriles is 1. The largest absolute Gasteiger partial charge is 0.490 e. The molecule has 3 rings (SSSR count). The number of aromatic nitrogens is 2. The van der Waals surface area contributed by atoms with E-state index >= 15 is 0 Å². The molecule has 0 saturated carbocycles. The monoisotopic (exact) mass is 269 g/mol. The fraction of sp³-hybridized carbons (Fsp3) is 0.333. The van der Waals surface area contributed by atoms with Gasteiger partial charge in [0.15, 0.2) is 11.5 Å². The van der Waals surface area contributed by atoms with Crippen LogP contribution in [0.25, 0.3) is 11.3 Å². The maximum absolute atomic E-state index is 9.29. The van der Waals surface area contributed by atoms with E-state index in [4.69, 9.17) is 9.47 Å². The van der Waals surface area contributed by atoms with Gasteiger partial charge in [-0.25, -0.2) is 4.98 Å². The number of fused-ring (bicyclic) bond motifs is 1. The zero-order valence-corrected chi connectivity index (χ0v) is 11.5. The molecule has 0 saturated heterocycles. The molecule has 5 heteroatoms. The lowest BCUT2D eigenvalue weighted by Crippen LogP contribution is -1.97. The lowest BCUT2D eigenvalue weighted by atomic mass is 10.1. The van der Waals surface area contributed by atoms with Gasteiger partial charge in [-0.15, -0.1) is 0 Å². The molecule has 0 spiro atoms. The maximum atomic E-state index is 9.29. The van der Waals surface area contributed by atoms with Crippen molar-refractivity contribution in [2.24, 2.45) is 7.05 Å². The molecule has 2 aromatic rings. The van der Waals surface area contributed by atoms with Gasteiger partial charge in [-0.3, -0.25) is 0 Å². The first-order valence-electron chi connectivity index (χ1n) is 6.54. The fourth-order valence-corrected chi connectivity index (χ4v) is 2.25. The normalized spacial score (nSPS) is 13.7. The Labute approximate surface area is 117 Å². The van der Waals surface area contributed by atoms with Gasteiger partial charge in [0.25, 0.3) is 0 Å². The number of ether oxygens (including phenoxy) is 2. The van der Waals surface area contributed by atoms with E-state index in [2.05, 4.69) is 11.1 Å². The van der Waals surface area contributed by atoms with E-state index in [9.17, 15) is 5.26 Å². The highest BCUT2D eigenvalue weighted by Gasteiger charge is 2.17. The van der Waals surface area contributed by atoms with Crippen LogP contribution < -0.4 is 9.47 Å². The van der Waals surface area contributed by atoms with Gasteiger partial charge >= 0.3 is 0 Å². The van der Waals surface area contributed by atoms with Crippen molar-refractivity contribution >= 4 is 0 Å². The molecular weight excluding hydrogens is 254 g/mol. The molecule has 5 nitrogen and oxygen atoms in total. The first kappa shape index (κ1) is 12.5. The van der Waals surface area contributed by atoms with Crippen molar-refractivity contribution in [3.63, 3.8) is 0 Å². The predicted molar refractivity (Wildman–Crippen MR) is 73.7 cm³/mol. The Bertz CT molecular complexity index is 698. The second-order valence-electron chi connectivity index (χ2n) is 4.74. The van der Waals surface area contributed by atoms with Crippen LogP contribution in [0.4, 0.5) is 0 Å². The average molecular weight is 269 g/mol. The SMILES string of the molecule is Cc1nc(-c2ccc3c(c2)OCCCO3)c(C#N)n1C. The van der Waals surface area contributed by atoms with E-state index in [0.29, 0.717) is 30.4 Å². The molecule has 1 aromatic carbocycles. The molecule has 0 unspecified atom stereocenters. The molecule has 0 aliphatic carbocycles. The number of nitrogens with zero attached hydrogens (tertiary/aromatic N) is 3. The van der Waals surface area contributed by atoms with Gasteiger partial charge in [0.05, 0.1) is 13.2 Å². The summed E-state index contributed by atoms with van der Waals surface area (Å²) >= 11 is 0. The van der Waals surface area contributed by atoms with Crippen LogP contribution in [0, 0.1) is 18.3 Å². The van der Waals surface area contributed by atoms with E-state index in [1.807, 2.05) is 32.2 Å². The van der Waals surface area contributed by atoms with E-state index in [-0.39, 0.29) is 0 Å². The van der Waals surface area contributed by atoms with Crippen molar-refractivity contribution in [1.82, 2.24) is 9.55 Å². The van der Waals surface area contributed by atoms with Crippen LogP contribution in [0.1, 0.15) is 17.9 Å². The fourth-order valence-electron chi connectivity index (χ4n) is 2.25. The third kappa shape index (κ3) is 1.99. The van der Waals surface area contributed by atoms with Crippen molar-refractivity contribution in [1.29, 1.82) is 5.26 Å². The molecule has 0 atom stereocenters. The minimum atomic E-state index is 0.553. The number of imidazole rings is 1. The molecule has 2 heterocycles. The number of hydrogen-bond acceptors (Lipinski definition) is 4. The van der Waals surface area contributed by atoms with Gasteiger partial charge in [-0.1, -0.05) is 0 Å². The molecule has 0 N–H and O–H groups in total. The molecule has 0 bridgehead atoms. The zero-order chi connectivity index (χ0) is 14.1. The first-order valence-corrected chi connectivity index (χ1v) is 6.54. The number of rotatable bonds is 1. The van der Waals surface area contributed by atoms with Gasteiger partial charge in [-0.2, -0.15) is 5.26 Å². The summed E-state index contributed by atoms with van der Waals surface area (Å²) in [6, 6.07) is 7.89. The van der Waals surface area contributed by atoms with Gasteiger partial charge in [0.2, 0.25) is 0 Å². The summed E-state index contributed by atoms with van der Waals surface area (Å²) in [4.78, 5) is 4.47. The molecule has 1 aliphatic rings. The minimum absolute atomic E-state index is 0.553. The van der Waals surface area contributed by atoms with E-state index in [1.54, 1.807) is 4.57 Å². The first-order chi connectivity index (χ1) is 9.70. The highest BCUT2D eigenvalue weighted by atomic mass is 16.5. The molecule has 0 amide bonds. The van der Waals surface area contributed by atoms with Crippen LogP contribution in [0.15, 0.2) is 18.2 Å². The summed E-state index contributed by atoms with van der Waals surface area (Å²) in [5, 5.41) is 9.29. The molecular formula is C15H15N3O2. The lowest BCUT2D eigenvalue weighted by Gasteiger charge is -2.08. The van der Waals surface area contributed by atoms with Crippen molar-refractivity contribution < 1.29 is 9.47 Å². The Morgan fingerprint density at radius 2 is 2.00 bits per heavy atom. The van der Waals surface area contributed by atoms with Crippen LogP contribution in [0.3, 0.4) is 0 Å². The van der Waals surface area contributed by atoms with E-state index in [1.165, 1.54) is 0 Å². The third-order valence-corrected chi connectivity index (χ3v) is 3.45. The molecule has 1 aromatic heterocycles. The topological polar surface area (TPSA) is 60.1 Å². The summed E-state index contributed by atoms with van der Waals surface area (Å²) in [6.07, 6.45) is 0.871. The van der Waals surface area contributed by atoms with Crippen LogP contribution in [0.2, 0.25) is 0 Å². The van der Waals surface area contributed by atoms with Gasteiger partial charge < -0.3 is 14.0 Å². The average Bonchev–Trinajstić information content (AvgIpc) is 2.65. The standard InChI is InChI=1S/C15H15N3O2/c1-10-17-15(12(9-16)18(10)2)11-4-5-13-14(8-11)20-7-3-6-19-13/h4-5,8H,3,6-7H2,1-2H3. The van der Waals surface area contributed by atoms with E-state index < -0.39 is 0 Å². The van der Waals surface area contributed by atoms with E-state index in [0.717, 1.165) is 23.6 Å². The van der Waals surface area contributed by atoms with Gasteiger partial charge in [-0.05, 0) is 25.1 Å². The smallest absolute Gasteiger partial charge is 0.161 e. The van der Waals surface area contributed by atoms with Crippen LogP contribution in [-0.4, -0.2) is 22.8 Å². The maximum Gasteiger partial charge on any atom is 0.161 e. The van der Waals surface area contributed by atoms with Gasteiger partial charge in [0, 0.05) is 19.0 Å². The summed E-state index contributed by atoms with van der Waals surface area (Å²) in [7, 11) is 1.84. The summed E-state index contributed by atoms with van der Waals surface area (Å²) in [5.41, 5.74) is 2.11. The predicted octanol–water partition coefficient (Wildman–Crippen LogP) is 2.43. The second kappa shape index (κ2) is 4.89. The van der Waals surface area contributed by atoms with Crippen molar-refractivity contribution in [3.05, 3.63) is 29.7 Å². The molecule has 1 aliphatic heterocycles. The lowest BCUT2D eigenvalue weighted by molar-refractivity contribution is 0.297. The third-order valence-electron chi connectivity index (χ3n) is 3.45. The molecule has 0 radical (unpaired) electrons. The summed E-state index contributed by atoms with van der Waals surface area (Å²) in [5.74, 6) is 2.27. The second-order valence-corrected chi connectivity index (χ2v) is 4.74. The van der Waals surface area contributed by atoms with Crippen molar-refractivity contribution in [3.8, 4) is 28.8 Å². The Morgan fingerprint density at radius 3 is 2.75 bits per heavy atom. The zero-order valence-electron chi connectivity index (χ0n) is 11.5. The minimum Gasteiger partial charge on any atom is -0.490 e. The quantitative estimate of drug-likeness (QED) is 0.797. The Hall–Kier alpha value is -2.48. The number of benzene rings is 1. The summed E-state index contributed by atoms with van der Waals surface area (Å²) in [6.45, 7) is 3.19. The number of hydrogen-bond donors (Lipinski definition) is 0.